The number of pyridine rings is 1. The highest BCUT2D eigenvalue weighted by Gasteiger charge is 2.40. The number of aliphatic hydroxyl groups is 2. The highest BCUT2D eigenvalue weighted by molar-refractivity contribution is 5.96. The minimum atomic E-state index is -1.45. The summed E-state index contributed by atoms with van der Waals surface area (Å²) in [5, 5.41) is 30.9. The average Bonchev–Trinajstić information content (AvgIpc) is 3.27. The summed E-state index contributed by atoms with van der Waals surface area (Å²) in [6, 6.07) is 14.4. The van der Waals surface area contributed by atoms with E-state index in [1.165, 1.54) is 7.11 Å². The minimum Gasteiger partial charge on any atom is -0.493 e. The first-order valence-electron chi connectivity index (χ1n) is 12.9. The van der Waals surface area contributed by atoms with Gasteiger partial charge in [0.2, 0.25) is 0 Å². The Morgan fingerprint density at radius 1 is 1.21 bits per heavy atom. The van der Waals surface area contributed by atoms with E-state index in [0.717, 1.165) is 11.1 Å². The Balaban J connectivity index is 1.60. The maximum atomic E-state index is 13.1. The second kappa shape index (κ2) is 11.3. The second-order valence-electron chi connectivity index (χ2n) is 10.6. The van der Waals surface area contributed by atoms with E-state index < -0.39 is 17.2 Å². The summed E-state index contributed by atoms with van der Waals surface area (Å²) in [4.78, 5) is 17.9. The molecule has 3 unspecified atom stereocenters. The van der Waals surface area contributed by atoms with Gasteiger partial charge in [-0.1, -0.05) is 29.8 Å². The molecule has 4 N–H and O–H groups in total. The number of fused-ring (bicyclic) bond motifs is 1. The maximum absolute atomic E-state index is 13.1. The molecule has 9 heteroatoms. The molecule has 0 bridgehead atoms. The Bertz CT molecular complexity index is 1340. The SMILES string of the molecule is COc1cc(C(=O)CCC(C)(O)c2cc3c(c(-c4ccc(C)cc4)n2)OCC3(C)NO)ccc1OCC(C)O. The zero-order valence-corrected chi connectivity index (χ0v) is 22.9. The Kier molecular flexibility index (Phi) is 8.27. The van der Waals surface area contributed by atoms with Crippen molar-refractivity contribution in [3.8, 4) is 28.5 Å². The number of Topliss-reactive ketones (excluding diaryl/α,β-unsaturated/α-hetero) is 1. The molecule has 9 nitrogen and oxygen atoms in total. The molecule has 0 spiro atoms. The van der Waals surface area contributed by atoms with E-state index in [1.54, 1.807) is 38.1 Å². The van der Waals surface area contributed by atoms with Crippen molar-refractivity contribution in [1.82, 2.24) is 10.5 Å². The van der Waals surface area contributed by atoms with E-state index in [0.29, 0.717) is 39.8 Å². The number of aromatic nitrogens is 1. The van der Waals surface area contributed by atoms with Gasteiger partial charge >= 0.3 is 0 Å². The zero-order valence-electron chi connectivity index (χ0n) is 22.9. The quantitative estimate of drug-likeness (QED) is 0.209. The van der Waals surface area contributed by atoms with Crippen molar-refractivity contribution in [3.05, 3.63) is 70.9 Å². The zero-order chi connectivity index (χ0) is 28.4. The third-order valence-electron chi connectivity index (χ3n) is 7.00. The summed E-state index contributed by atoms with van der Waals surface area (Å²) in [6.45, 7) is 7.34. The van der Waals surface area contributed by atoms with E-state index in [2.05, 4.69) is 5.48 Å². The van der Waals surface area contributed by atoms with Crippen molar-refractivity contribution in [2.75, 3.05) is 20.3 Å². The summed E-state index contributed by atoms with van der Waals surface area (Å²) < 4.78 is 16.9. The van der Waals surface area contributed by atoms with E-state index in [-0.39, 0.29) is 31.8 Å². The molecule has 0 saturated carbocycles. The van der Waals surface area contributed by atoms with Crippen molar-refractivity contribution in [2.45, 2.75) is 57.8 Å². The number of aryl methyl sites for hydroxylation is 1. The van der Waals surface area contributed by atoms with Gasteiger partial charge in [-0.05, 0) is 58.4 Å². The third kappa shape index (κ3) is 6.07. The number of methoxy groups -OCH3 is 1. The van der Waals surface area contributed by atoms with Gasteiger partial charge in [-0.3, -0.25) is 4.79 Å². The number of ketones is 1. The molecule has 0 aliphatic carbocycles. The molecule has 1 aromatic heterocycles. The molecular formula is C30H36N2O7. The van der Waals surface area contributed by atoms with Crippen LogP contribution in [0.25, 0.3) is 11.3 Å². The molecule has 0 amide bonds. The summed E-state index contributed by atoms with van der Waals surface area (Å²) in [6.07, 6.45) is -0.484. The predicted molar refractivity (Wildman–Crippen MR) is 145 cm³/mol. The van der Waals surface area contributed by atoms with Crippen LogP contribution in [0.4, 0.5) is 0 Å². The third-order valence-corrected chi connectivity index (χ3v) is 7.00. The number of ether oxygens (including phenoxy) is 3. The maximum Gasteiger partial charge on any atom is 0.163 e. The van der Waals surface area contributed by atoms with Gasteiger partial charge in [-0.2, -0.15) is 5.48 Å². The van der Waals surface area contributed by atoms with Crippen LogP contribution < -0.4 is 19.7 Å². The Morgan fingerprint density at radius 2 is 1.92 bits per heavy atom. The number of aliphatic hydroxyl groups excluding tert-OH is 1. The summed E-state index contributed by atoms with van der Waals surface area (Å²) in [5.74, 6) is 1.17. The molecule has 2 heterocycles. The van der Waals surface area contributed by atoms with Gasteiger partial charge in [0.25, 0.3) is 0 Å². The highest BCUT2D eigenvalue weighted by atomic mass is 16.5. The van der Waals surface area contributed by atoms with Gasteiger partial charge in [0, 0.05) is 23.1 Å². The van der Waals surface area contributed by atoms with Gasteiger partial charge in [0.05, 0.1) is 18.9 Å². The number of nitrogens with zero attached hydrogens (tertiary/aromatic N) is 1. The number of rotatable bonds is 11. The molecule has 1 aliphatic heterocycles. The normalized spacial score (nSPS) is 18.6. The van der Waals surface area contributed by atoms with Crippen LogP contribution in [-0.2, 0) is 11.1 Å². The van der Waals surface area contributed by atoms with Crippen LogP contribution in [0.1, 0.15) is 60.8 Å². The van der Waals surface area contributed by atoms with Crippen molar-refractivity contribution in [2.24, 2.45) is 0 Å². The van der Waals surface area contributed by atoms with Crippen LogP contribution in [-0.4, -0.2) is 52.6 Å². The van der Waals surface area contributed by atoms with Crippen LogP contribution in [0, 0.1) is 6.92 Å². The molecular weight excluding hydrogens is 500 g/mol. The van der Waals surface area contributed by atoms with Crippen molar-refractivity contribution in [1.29, 1.82) is 0 Å². The Hall–Kier alpha value is -3.50. The van der Waals surface area contributed by atoms with Gasteiger partial charge in [0.15, 0.2) is 23.0 Å². The number of carbonyl (C=O) groups excluding carboxylic acids is 1. The number of hydrogen-bond acceptors (Lipinski definition) is 9. The Labute approximate surface area is 228 Å². The molecule has 0 saturated heterocycles. The lowest BCUT2D eigenvalue weighted by atomic mass is 9.87. The molecule has 2 aromatic carbocycles. The number of hydroxylamine groups is 1. The molecule has 0 radical (unpaired) electrons. The highest BCUT2D eigenvalue weighted by Crippen LogP contribution is 2.44. The second-order valence-corrected chi connectivity index (χ2v) is 10.6. The molecule has 3 aromatic rings. The van der Waals surface area contributed by atoms with Crippen LogP contribution in [0.2, 0.25) is 0 Å². The van der Waals surface area contributed by atoms with Crippen molar-refractivity contribution >= 4 is 5.78 Å². The fraction of sp³-hybridized carbons (Fsp3) is 0.400. The van der Waals surface area contributed by atoms with Crippen molar-refractivity contribution < 1.29 is 34.4 Å². The van der Waals surface area contributed by atoms with E-state index in [9.17, 15) is 20.2 Å². The summed E-state index contributed by atoms with van der Waals surface area (Å²) in [5.41, 5.74) is 3.95. The standard InChI is InChI=1S/C30H36N2O7/c1-18-6-8-20(9-7-18)27-28-22(29(3,32-36)17-39-28)15-26(31-27)30(4,35)13-12-23(34)21-10-11-24(25(14-21)37-5)38-16-19(2)33/h6-11,14-15,19,32-33,35-36H,12-13,16-17H2,1-5H3. The summed E-state index contributed by atoms with van der Waals surface area (Å²) >= 11 is 0. The summed E-state index contributed by atoms with van der Waals surface area (Å²) in [7, 11) is 1.48. The molecule has 39 heavy (non-hydrogen) atoms. The van der Waals surface area contributed by atoms with Crippen LogP contribution >= 0.6 is 0 Å². The smallest absolute Gasteiger partial charge is 0.163 e. The first-order chi connectivity index (χ1) is 18.5. The van der Waals surface area contributed by atoms with Gasteiger partial charge < -0.3 is 29.6 Å². The fourth-order valence-corrected chi connectivity index (χ4v) is 4.46. The van der Waals surface area contributed by atoms with E-state index in [1.807, 2.05) is 38.1 Å². The Morgan fingerprint density at radius 3 is 2.56 bits per heavy atom. The number of carbonyl (C=O) groups is 1. The van der Waals surface area contributed by atoms with Gasteiger partial charge in [0.1, 0.15) is 30.0 Å². The lowest BCUT2D eigenvalue weighted by Crippen LogP contribution is -2.39. The number of hydrogen-bond donors (Lipinski definition) is 4. The molecule has 3 atom stereocenters. The van der Waals surface area contributed by atoms with Crippen LogP contribution in [0.5, 0.6) is 17.2 Å². The fourth-order valence-electron chi connectivity index (χ4n) is 4.46. The predicted octanol–water partition coefficient (Wildman–Crippen LogP) is 4.28. The molecule has 1 aliphatic rings. The lowest BCUT2D eigenvalue weighted by Gasteiger charge is -2.26. The minimum absolute atomic E-state index is 0.0503. The first-order valence-corrected chi connectivity index (χ1v) is 12.9. The topological polar surface area (TPSA) is 130 Å². The molecule has 4 rings (SSSR count). The van der Waals surface area contributed by atoms with Crippen LogP contribution in [0.15, 0.2) is 48.5 Å². The molecule has 0 fully saturated rings. The number of nitrogens with one attached hydrogen (secondary N) is 1. The van der Waals surface area contributed by atoms with Gasteiger partial charge in [-0.15, -0.1) is 0 Å². The average molecular weight is 537 g/mol. The number of benzene rings is 2. The van der Waals surface area contributed by atoms with E-state index >= 15 is 0 Å². The van der Waals surface area contributed by atoms with Crippen molar-refractivity contribution in [3.63, 3.8) is 0 Å². The first kappa shape index (κ1) is 28.5. The molecule has 208 valence electrons. The van der Waals surface area contributed by atoms with Crippen LogP contribution in [0.3, 0.4) is 0 Å². The largest absolute Gasteiger partial charge is 0.493 e. The monoisotopic (exact) mass is 536 g/mol. The van der Waals surface area contributed by atoms with E-state index in [4.69, 9.17) is 19.2 Å². The lowest BCUT2D eigenvalue weighted by molar-refractivity contribution is 0.0389. The van der Waals surface area contributed by atoms with Gasteiger partial charge in [-0.25, -0.2) is 4.98 Å².